The second kappa shape index (κ2) is 6.15. The molecule has 1 aromatic carbocycles. The molecule has 0 saturated carbocycles. The molecule has 1 heterocycles. The molecule has 124 valence electrons. The molecule has 0 saturated heterocycles. The van der Waals surface area contributed by atoms with Gasteiger partial charge < -0.3 is 5.32 Å². The summed E-state index contributed by atoms with van der Waals surface area (Å²) in [6, 6.07) is 7.24. The number of alkyl halides is 3. The number of sulfone groups is 1. The first-order chi connectivity index (χ1) is 10.6. The number of nitrogens with zero attached hydrogens (tertiary/aromatic N) is 1. The quantitative estimate of drug-likeness (QED) is 0.860. The maximum absolute atomic E-state index is 13.2. The average molecular weight is 348 g/mol. The summed E-state index contributed by atoms with van der Waals surface area (Å²) in [5.41, 5.74) is -4.65. The fraction of sp³-hybridized carbons (Fsp3) is 0.214. The third-order valence-electron chi connectivity index (χ3n) is 2.94. The summed E-state index contributed by atoms with van der Waals surface area (Å²) in [6.07, 6.45) is 0. The Morgan fingerprint density at radius 2 is 1.87 bits per heavy atom. The smallest absolute Gasteiger partial charge is 0.378 e. The summed E-state index contributed by atoms with van der Waals surface area (Å²) < 4.78 is 74.4. The third-order valence-corrected chi connectivity index (χ3v) is 4.47. The van der Waals surface area contributed by atoms with Crippen LogP contribution in [0.25, 0.3) is 0 Å². The molecule has 1 aromatic heterocycles. The molecule has 0 aliphatic rings. The molecule has 9 heteroatoms. The van der Waals surface area contributed by atoms with Crippen molar-refractivity contribution in [1.29, 1.82) is 0 Å². The van der Waals surface area contributed by atoms with E-state index in [1.165, 1.54) is 0 Å². The van der Waals surface area contributed by atoms with Gasteiger partial charge in [-0.3, -0.25) is 4.98 Å². The first kappa shape index (κ1) is 17.2. The van der Waals surface area contributed by atoms with Crippen molar-refractivity contribution >= 4 is 15.5 Å². The number of anilines is 1. The van der Waals surface area contributed by atoms with Crippen molar-refractivity contribution in [3.63, 3.8) is 0 Å². The fourth-order valence-electron chi connectivity index (χ4n) is 1.87. The van der Waals surface area contributed by atoms with Crippen molar-refractivity contribution in [2.24, 2.45) is 0 Å². The molecule has 0 aliphatic heterocycles. The van der Waals surface area contributed by atoms with Crippen molar-refractivity contribution in [2.75, 3.05) is 5.32 Å². The number of aryl methyl sites for hydroxylation is 1. The van der Waals surface area contributed by atoms with Gasteiger partial charge in [-0.15, -0.1) is 0 Å². The van der Waals surface area contributed by atoms with Crippen molar-refractivity contribution in [2.45, 2.75) is 23.9 Å². The van der Waals surface area contributed by atoms with Crippen LogP contribution in [0, 0.1) is 12.7 Å². The van der Waals surface area contributed by atoms with E-state index in [-0.39, 0.29) is 12.2 Å². The van der Waals surface area contributed by atoms with Crippen molar-refractivity contribution < 1.29 is 26.0 Å². The van der Waals surface area contributed by atoms with E-state index in [1.54, 1.807) is 25.1 Å². The van der Waals surface area contributed by atoms with Crippen molar-refractivity contribution in [3.8, 4) is 0 Å². The standard InChI is InChI=1S/C14H12F4N2O2S/c1-9-3-2-4-11(20-9)8-19-12-6-5-10(15)7-13(12)23(21,22)14(16,17)18/h2-7,19H,8H2,1H3. The molecule has 4 nitrogen and oxygen atoms in total. The molecule has 2 aromatic rings. The van der Waals surface area contributed by atoms with Crippen molar-refractivity contribution in [1.82, 2.24) is 4.98 Å². The van der Waals surface area contributed by atoms with Crippen LogP contribution >= 0.6 is 0 Å². The number of benzene rings is 1. The molecule has 2 rings (SSSR count). The normalized spacial score (nSPS) is 12.2. The second-order valence-electron chi connectivity index (χ2n) is 4.71. The van der Waals surface area contributed by atoms with Crippen LogP contribution in [-0.2, 0) is 16.4 Å². The Balaban J connectivity index is 2.37. The van der Waals surface area contributed by atoms with Crippen LogP contribution < -0.4 is 5.32 Å². The Hall–Kier alpha value is -2.16. The summed E-state index contributed by atoms with van der Waals surface area (Å²) in [5, 5.41) is 2.55. The topological polar surface area (TPSA) is 59.1 Å². The van der Waals surface area contributed by atoms with Crippen LogP contribution in [0.3, 0.4) is 0 Å². The Morgan fingerprint density at radius 3 is 2.48 bits per heavy atom. The molecule has 0 bridgehead atoms. The number of halogens is 4. The van der Waals surface area contributed by atoms with Crippen molar-refractivity contribution in [3.05, 3.63) is 53.6 Å². The van der Waals surface area contributed by atoms with Gasteiger partial charge in [-0.2, -0.15) is 13.2 Å². The Kier molecular flexibility index (Phi) is 4.60. The highest BCUT2D eigenvalue weighted by Crippen LogP contribution is 2.34. The number of aromatic nitrogens is 1. The van der Waals surface area contributed by atoms with E-state index in [4.69, 9.17) is 0 Å². The molecule has 0 aliphatic carbocycles. The van der Waals surface area contributed by atoms with Gasteiger partial charge in [-0.1, -0.05) is 6.07 Å². The molecule has 0 unspecified atom stereocenters. The highest BCUT2D eigenvalue weighted by Gasteiger charge is 2.48. The molecule has 0 amide bonds. The lowest BCUT2D eigenvalue weighted by atomic mass is 10.2. The summed E-state index contributed by atoms with van der Waals surface area (Å²) in [5.74, 6) is -1.08. The molecular weight excluding hydrogens is 336 g/mol. The highest BCUT2D eigenvalue weighted by atomic mass is 32.2. The Labute approximate surface area is 130 Å². The van der Waals surface area contributed by atoms with Gasteiger partial charge in [0, 0.05) is 5.69 Å². The van der Waals surface area contributed by atoms with Crippen LogP contribution in [0.2, 0.25) is 0 Å². The van der Waals surface area contributed by atoms with Gasteiger partial charge in [0.2, 0.25) is 0 Å². The summed E-state index contributed by atoms with van der Waals surface area (Å²) >= 11 is 0. The SMILES string of the molecule is Cc1cccc(CNc2ccc(F)cc2S(=O)(=O)C(F)(F)F)n1. The molecule has 0 fully saturated rings. The number of nitrogens with one attached hydrogen (secondary N) is 1. The maximum atomic E-state index is 13.2. The van der Waals surface area contributed by atoms with Gasteiger partial charge in [-0.25, -0.2) is 12.8 Å². The number of hydrogen-bond donors (Lipinski definition) is 1. The van der Waals surface area contributed by atoms with Gasteiger partial charge in [0.05, 0.1) is 17.9 Å². The minimum absolute atomic E-state index is 0.00626. The molecule has 0 spiro atoms. The zero-order valence-corrected chi connectivity index (χ0v) is 12.7. The first-order valence-electron chi connectivity index (χ1n) is 6.38. The van der Waals surface area contributed by atoms with Crippen LogP contribution in [-0.4, -0.2) is 18.9 Å². The average Bonchev–Trinajstić information content (AvgIpc) is 2.44. The van der Waals surface area contributed by atoms with Crippen LogP contribution in [0.4, 0.5) is 23.2 Å². The number of pyridine rings is 1. The Morgan fingerprint density at radius 1 is 1.17 bits per heavy atom. The molecule has 0 radical (unpaired) electrons. The van der Waals surface area contributed by atoms with Gasteiger partial charge in [-0.05, 0) is 37.3 Å². The van der Waals surface area contributed by atoms with Gasteiger partial charge in [0.25, 0.3) is 9.84 Å². The van der Waals surface area contributed by atoms with E-state index in [1.807, 2.05) is 0 Å². The monoisotopic (exact) mass is 348 g/mol. The van der Waals surface area contributed by atoms with Crippen LogP contribution in [0.15, 0.2) is 41.3 Å². The van der Waals surface area contributed by atoms with Crippen LogP contribution in [0.5, 0.6) is 0 Å². The van der Waals surface area contributed by atoms with E-state index in [0.717, 1.165) is 12.1 Å². The third kappa shape index (κ3) is 3.79. The van der Waals surface area contributed by atoms with E-state index in [2.05, 4.69) is 10.3 Å². The summed E-state index contributed by atoms with van der Waals surface area (Å²) in [7, 11) is -5.67. The maximum Gasteiger partial charge on any atom is 0.501 e. The minimum atomic E-state index is -5.67. The lowest BCUT2D eigenvalue weighted by Gasteiger charge is -2.14. The zero-order chi connectivity index (χ0) is 17.3. The molecule has 1 N–H and O–H groups in total. The molecule has 0 atom stereocenters. The van der Waals surface area contributed by atoms with Gasteiger partial charge >= 0.3 is 5.51 Å². The first-order valence-corrected chi connectivity index (χ1v) is 7.87. The number of rotatable bonds is 4. The lowest BCUT2D eigenvalue weighted by Crippen LogP contribution is -2.24. The summed E-state index contributed by atoms with van der Waals surface area (Å²) in [6.45, 7) is 1.73. The molecular formula is C14H12F4N2O2S. The van der Waals surface area contributed by atoms with E-state index >= 15 is 0 Å². The summed E-state index contributed by atoms with van der Waals surface area (Å²) in [4.78, 5) is 2.98. The minimum Gasteiger partial charge on any atom is -0.378 e. The Bertz CT molecular complexity index is 820. The lowest BCUT2D eigenvalue weighted by molar-refractivity contribution is -0.0435. The van der Waals surface area contributed by atoms with E-state index < -0.39 is 26.1 Å². The van der Waals surface area contributed by atoms with Crippen LogP contribution in [0.1, 0.15) is 11.4 Å². The van der Waals surface area contributed by atoms with E-state index in [0.29, 0.717) is 17.5 Å². The number of hydrogen-bond acceptors (Lipinski definition) is 4. The van der Waals surface area contributed by atoms with Gasteiger partial charge in [0.15, 0.2) is 0 Å². The van der Waals surface area contributed by atoms with Gasteiger partial charge in [0.1, 0.15) is 10.7 Å². The predicted octanol–water partition coefficient (Wildman–Crippen LogP) is 3.43. The predicted molar refractivity (Wildman–Crippen MR) is 75.9 cm³/mol. The highest BCUT2D eigenvalue weighted by molar-refractivity contribution is 7.92. The zero-order valence-electron chi connectivity index (χ0n) is 11.9. The fourth-order valence-corrected chi connectivity index (χ4v) is 2.82. The second-order valence-corrected chi connectivity index (χ2v) is 6.62. The molecule has 23 heavy (non-hydrogen) atoms. The van der Waals surface area contributed by atoms with E-state index in [9.17, 15) is 26.0 Å². The largest absolute Gasteiger partial charge is 0.501 e.